The van der Waals surface area contributed by atoms with Crippen LogP contribution in [0.25, 0.3) is 21.8 Å². The maximum Gasteiger partial charge on any atom is 0.331 e. The summed E-state index contributed by atoms with van der Waals surface area (Å²) in [5, 5.41) is 6.94. The molecule has 0 bridgehead atoms. The maximum absolute atomic E-state index is 13.3. The number of carbonyl (C=O) groups is 2. The molecule has 0 amide bonds. The van der Waals surface area contributed by atoms with Gasteiger partial charge < -0.3 is 9.40 Å². The van der Waals surface area contributed by atoms with Crippen molar-refractivity contribution in [2.45, 2.75) is 53.0 Å². The number of ketones is 1. The second-order valence-electron chi connectivity index (χ2n) is 8.74. The summed E-state index contributed by atoms with van der Waals surface area (Å²) in [6, 6.07) is 16.8. The van der Waals surface area contributed by atoms with Gasteiger partial charge in [0.05, 0.1) is 10.7 Å². The summed E-state index contributed by atoms with van der Waals surface area (Å²) in [7, 11) is 0. The lowest BCUT2D eigenvalue weighted by atomic mass is 9.99. The predicted molar refractivity (Wildman–Crippen MR) is 147 cm³/mol. The monoisotopic (exact) mass is 522 g/mol. The minimum Gasteiger partial charge on any atom is -0.341 e. The van der Waals surface area contributed by atoms with Gasteiger partial charge in [-0.15, -0.1) is 0 Å². The van der Waals surface area contributed by atoms with Crippen molar-refractivity contribution in [2.24, 2.45) is 5.16 Å². The number of nitrogens with zero attached hydrogens (tertiary/aromatic N) is 2. The lowest BCUT2D eigenvalue weighted by Gasteiger charge is -2.07. The van der Waals surface area contributed by atoms with Crippen LogP contribution in [0.3, 0.4) is 0 Å². The van der Waals surface area contributed by atoms with E-state index in [2.05, 4.69) is 35.7 Å². The van der Waals surface area contributed by atoms with Crippen LogP contribution in [0.4, 0.5) is 0 Å². The molecule has 1 heterocycles. The lowest BCUT2D eigenvalue weighted by Crippen LogP contribution is -2.04. The molecule has 0 saturated carbocycles. The van der Waals surface area contributed by atoms with Crippen LogP contribution in [-0.2, 0) is 16.2 Å². The van der Waals surface area contributed by atoms with E-state index in [-0.39, 0.29) is 5.78 Å². The van der Waals surface area contributed by atoms with E-state index in [9.17, 15) is 9.59 Å². The molecule has 0 fully saturated rings. The van der Waals surface area contributed by atoms with Crippen molar-refractivity contribution >= 4 is 62.5 Å². The Hall–Kier alpha value is -3.15. The Labute approximate surface area is 220 Å². The Balaban J connectivity index is 1.84. The van der Waals surface area contributed by atoms with Gasteiger partial charge >= 0.3 is 5.97 Å². The number of halogens is 2. The first-order valence-corrected chi connectivity index (χ1v) is 12.9. The molecule has 0 radical (unpaired) electrons. The van der Waals surface area contributed by atoms with Gasteiger partial charge in [-0.3, -0.25) is 4.79 Å². The number of unbranched alkanes of at least 4 members (excludes halogenated alkanes) is 2. The van der Waals surface area contributed by atoms with E-state index in [0.717, 1.165) is 58.9 Å². The first-order chi connectivity index (χ1) is 17.3. The number of benzene rings is 3. The van der Waals surface area contributed by atoms with Gasteiger partial charge in [0.15, 0.2) is 5.78 Å². The van der Waals surface area contributed by atoms with Gasteiger partial charge in [-0.05, 0) is 68.3 Å². The van der Waals surface area contributed by atoms with Gasteiger partial charge in [-0.1, -0.05) is 54.2 Å². The van der Waals surface area contributed by atoms with Crippen LogP contribution in [0, 0.1) is 0 Å². The quantitative estimate of drug-likeness (QED) is 0.0731. The Kier molecular flexibility index (Phi) is 8.12. The zero-order chi connectivity index (χ0) is 25.8. The van der Waals surface area contributed by atoms with E-state index in [0.29, 0.717) is 27.6 Å². The Morgan fingerprint density at radius 3 is 2.17 bits per heavy atom. The molecule has 0 aliphatic rings. The smallest absolute Gasteiger partial charge is 0.331 e. The summed E-state index contributed by atoms with van der Waals surface area (Å²) in [5.41, 5.74) is 4.68. The third-order valence-electron chi connectivity index (χ3n) is 6.25. The number of hydrogen-bond acceptors (Lipinski definition) is 4. The van der Waals surface area contributed by atoms with Crippen LogP contribution in [0.1, 0.15) is 67.9 Å². The number of aryl methyl sites for hydroxylation is 1. The average Bonchev–Trinajstić information content (AvgIpc) is 3.17. The van der Waals surface area contributed by atoms with Crippen molar-refractivity contribution in [3.8, 4) is 0 Å². The molecular formula is C29H28Cl2N2O3. The van der Waals surface area contributed by atoms with E-state index in [1.54, 1.807) is 18.2 Å². The van der Waals surface area contributed by atoms with Crippen molar-refractivity contribution in [1.82, 2.24) is 4.57 Å². The molecule has 0 atom stereocenters. The third-order valence-corrected chi connectivity index (χ3v) is 6.80. The minimum atomic E-state index is -0.448. The fourth-order valence-electron chi connectivity index (χ4n) is 4.50. The highest BCUT2D eigenvalue weighted by Gasteiger charge is 2.18. The first kappa shape index (κ1) is 25.9. The molecular weight excluding hydrogens is 495 g/mol. The fourth-order valence-corrected chi connectivity index (χ4v) is 4.99. The first-order valence-electron chi connectivity index (χ1n) is 12.1. The molecule has 7 heteroatoms. The van der Waals surface area contributed by atoms with Gasteiger partial charge in [0.1, 0.15) is 0 Å². The van der Waals surface area contributed by atoms with Crippen molar-refractivity contribution in [3.63, 3.8) is 0 Å². The molecule has 0 aliphatic carbocycles. The van der Waals surface area contributed by atoms with Crippen molar-refractivity contribution < 1.29 is 14.4 Å². The van der Waals surface area contributed by atoms with E-state index in [1.807, 2.05) is 24.3 Å². The molecule has 4 rings (SSSR count). The molecule has 0 N–H and O–H groups in total. The third kappa shape index (κ3) is 5.32. The second-order valence-corrected chi connectivity index (χ2v) is 9.58. The summed E-state index contributed by atoms with van der Waals surface area (Å²) < 4.78 is 2.22. The molecule has 0 spiro atoms. The van der Waals surface area contributed by atoms with E-state index < -0.39 is 5.97 Å². The zero-order valence-corrected chi connectivity index (χ0v) is 22.1. The second kappa shape index (κ2) is 11.3. The van der Waals surface area contributed by atoms with Gasteiger partial charge in [0, 0.05) is 57.0 Å². The number of rotatable bonds is 9. The lowest BCUT2D eigenvalue weighted by molar-refractivity contribution is -0.140. The largest absolute Gasteiger partial charge is 0.341 e. The molecule has 186 valence electrons. The normalized spacial score (nSPS) is 11.9. The molecule has 4 aromatic rings. The van der Waals surface area contributed by atoms with Crippen LogP contribution in [0.2, 0.25) is 10.0 Å². The Morgan fingerprint density at radius 2 is 1.56 bits per heavy atom. The summed E-state index contributed by atoms with van der Waals surface area (Å²) >= 11 is 12.3. The SMILES string of the molecule is CCCCCC(=NOC(C)=O)c1ccc2c(c1)c1cc(C(=O)c3ccc(Cl)cc3Cl)ccc1n2CC. The maximum atomic E-state index is 13.3. The highest BCUT2D eigenvalue weighted by molar-refractivity contribution is 6.37. The summed E-state index contributed by atoms with van der Waals surface area (Å²) in [6.45, 7) is 6.36. The molecule has 1 aromatic heterocycles. The zero-order valence-electron chi connectivity index (χ0n) is 20.6. The predicted octanol–water partition coefficient (Wildman–Crippen LogP) is 8.20. The topological polar surface area (TPSA) is 60.7 Å². The molecule has 3 aromatic carbocycles. The molecule has 0 aliphatic heterocycles. The number of oxime groups is 1. The van der Waals surface area contributed by atoms with Crippen LogP contribution in [0.5, 0.6) is 0 Å². The van der Waals surface area contributed by atoms with Gasteiger partial charge in [0.25, 0.3) is 0 Å². The van der Waals surface area contributed by atoms with Crippen molar-refractivity contribution in [3.05, 3.63) is 81.3 Å². The average molecular weight is 523 g/mol. The van der Waals surface area contributed by atoms with E-state index >= 15 is 0 Å². The summed E-state index contributed by atoms with van der Waals surface area (Å²) in [4.78, 5) is 29.7. The molecule has 5 nitrogen and oxygen atoms in total. The van der Waals surface area contributed by atoms with Gasteiger partial charge in [0.2, 0.25) is 0 Å². The standard InChI is InChI=1S/C29H28Cl2N2O3/c1-4-6-7-8-26(32-36-18(3)34)19-9-13-27-23(15-19)24-16-20(10-14-28(24)33(27)5-2)29(35)22-12-11-21(30)17-25(22)31/h9-17H,4-8H2,1-3H3. The van der Waals surface area contributed by atoms with E-state index in [4.69, 9.17) is 28.0 Å². The minimum absolute atomic E-state index is 0.163. The molecule has 0 saturated heterocycles. The fraction of sp³-hybridized carbons (Fsp3) is 0.276. The van der Waals surface area contributed by atoms with Crippen LogP contribution >= 0.6 is 23.2 Å². The van der Waals surface area contributed by atoms with Gasteiger partial charge in [-0.25, -0.2) is 4.79 Å². The highest BCUT2D eigenvalue weighted by Crippen LogP contribution is 2.32. The Morgan fingerprint density at radius 1 is 0.889 bits per heavy atom. The Bertz CT molecular complexity index is 1490. The number of hydrogen-bond donors (Lipinski definition) is 0. The van der Waals surface area contributed by atoms with Crippen molar-refractivity contribution in [2.75, 3.05) is 0 Å². The van der Waals surface area contributed by atoms with E-state index in [1.165, 1.54) is 6.92 Å². The van der Waals surface area contributed by atoms with Crippen LogP contribution in [0.15, 0.2) is 59.8 Å². The summed E-state index contributed by atoms with van der Waals surface area (Å²) in [6.07, 6.45) is 3.80. The summed E-state index contributed by atoms with van der Waals surface area (Å²) in [5.74, 6) is -0.612. The van der Waals surface area contributed by atoms with Gasteiger partial charge in [-0.2, -0.15) is 0 Å². The number of carbonyl (C=O) groups excluding carboxylic acids is 2. The van der Waals surface area contributed by atoms with Crippen LogP contribution in [-0.4, -0.2) is 22.0 Å². The van der Waals surface area contributed by atoms with Crippen LogP contribution < -0.4 is 0 Å². The highest BCUT2D eigenvalue weighted by atomic mass is 35.5. The molecule has 36 heavy (non-hydrogen) atoms. The molecule has 0 unspecified atom stereocenters. The van der Waals surface area contributed by atoms with Crippen molar-refractivity contribution in [1.29, 1.82) is 0 Å². The number of fused-ring (bicyclic) bond motifs is 3. The number of aromatic nitrogens is 1.